The molecule has 112 valence electrons. The third kappa shape index (κ3) is 4.74. The first-order valence-corrected chi connectivity index (χ1v) is 6.76. The van der Waals surface area contributed by atoms with Crippen LogP contribution in [0.25, 0.3) is 0 Å². The minimum atomic E-state index is 0.0872. The van der Waals surface area contributed by atoms with Crippen molar-refractivity contribution in [2.75, 3.05) is 34.3 Å². The Bertz CT molecular complexity index is 447. The van der Waals surface area contributed by atoms with Crippen LogP contribution >= 0.6 is 0 Å². The lowest BCUT2D eigenvalue weighted by Gasteiger charge is -2.23. The van der Waals surface area contributed by atoms with E-state index in [2.05, 4.69) is 11.8 Å². The molecule has 0 aliphatic rings. The van der Waals surface area contributed by atoms with Gasteiger partial charge in [0.25, 0.3) is 0 Å². The van der Waals surface area contributed by atoms with E-state index in [-0.39, 0.29) is 11.7 Å². The summed E-state index contributed by atoms with van der Waals surface area (Å²) in [6.45, 7) is 3.99. The molecule has 1 amide bonds. The Hall–Kier alpha value is -1.75. The molecule has 0 spiro atoms. The minimum Gasteiger partial charge on any atom is -0.504 e. The number of likely N-dealkylation sites (N-methyl/N-ethyl adjacent to an activating group) is 1. The van der Waals surface area contributed by atoms with Crippen molar-refractivity contribution >= 4 is 5.91 Å². The lowest BCUT2D eigenvalue weighted by molar-refractivity contribution is -0.130. The fraction of sp³-hybridized carbons (Fsp3) is 0.533. The van der Waals surface area contributed by atoms with E-state index in [1.54, 1.807) is 31.1 Å². The molecule has 0 fully saturated rings. The van der Waals surface area contributed by atoms with Gasteiger partial charge in [-0.05, 0) is 30.7 Å². The van der Waals surface area contributed by atoms with Gasteiger partial charge in [0.1, 0.15) is 0 Å². The number of aromatic hydroxyl groups is 1. The molecule has 0 heterocycles. The highest BCUT2D eigenvalue weighted by atomic mass is 16.5. The Morgan fingerprint density at radius 1 is 1.35 bits per heavy atom. The van der Waals surface area contributed by atoms with Gasteiger partial charge in [-0.15, -0.1) is 0 Å². The molecule has 5 heteroatoms. The molecule has 0 aliphatic carbocycles. The summed E-state index contributed by atoms with van der Waals surface area (Å²) < 4.78 is 5.10. The number of phenolic OH excluding ortho intramolecular Hbond substituents is 1. The number of methoxy groups -OCH3 is 1. The molecule has 1 aromatic rings. The molecular weight excluding hydrogens is 256 g/mol. The van der Waals surface area contributed by atoms with Gasteiger partial charge in [-0.2, -0.15) is 0 Å². The van der Waals surface area contributed by atoms with Crippen LogP contribution in [-0.2, 0) is 11.3 Å². The van der Waals surface area contributed by atoms with Gasteiger partial charge in [0, 0.05) is 20.6 Å². The maximum atomic E-state index is 11.8. The summed E-state index contributed by atoms with van der Waals surface area (Å²) >= 11 is 0. The lowest BCUT2D eigenvalue weighted by atomic mass is 10.2. The second-order valence-electron chi connectivity index (χ2n) is 5.01. The zero-order valence-corrected chi connectivity index (χ0v) is 12.7. The maximum Gasteiger partial charge on any atom is 0.236 e. The van der Waals surface area contributed by atoms with Gasteiger partial charge >= 0.3 is 0 Å². The van der Waals surface area contributed by atoms with Crippen LogP contribution in [0.5, 0.6) is 11.5 Å². The second kappa shape index (κ2) is 7.75. The molecule has 0 saturated heterocycles. The predicted molar refractivity (Wildman–Crippen MR) is 78.9 cm³/mol. The zero-order chi connectivity index (χ0) is 15.1. The van der Waals surface area contributed by atoms with E-state index in [4.69, 9.17) is 4.74 Å². The van der Waals surface area contributed by atoms with Crippen molar-refractivity contribution in [3.63, 3.8) is 0 Å². The lowest BCUT2D eigenvalue weighted by Crippen LogP contribution is -2.36. The van der Waals surface area contributed by atoms with Crippen LogP contribution in [-0.4, -0.2) is 55.1 Å². The van der Waals surface area contributed by atoms with Gasteiger partial charge < -0.3 is 14.7 Å². The summed E-state index contributed by atoms with van der Waals surface area (Å²) in [6, 6.07) is 5.27. The van der Waals surface area contributed by atoms with E-state index in [1.165, 1.54) is 7.11 Å². The van der Waals surface area contributed by atoms with Crippen LogP contribution in [0.15, 0.2) is 18.2 Å². The predicted octanol–water partition coefficient (Wildman–Crippen LogP) is 1.70. The van der Waals surface area contributed by atoms with Crippen molar-refractivity contribution in [1.29, 1.82) is 0 Å². The molecule has 20 heavy (non-hydrogen) atoms. The molecule has 0 aromatic heterocycles. The van der Waals surface area contributed by atoms with E-state index in [9.17, 15) is 9.90 Å². The standard InChI is InChI=1S/C15H24N2O3/c1-5-8-17(11-15(19)16(2)3)10-12-6-7-13(18)14(9-12)20-4/h6-7,9,18H,5,8,10-11H2,1-4H3. The number of benzene rings is 1. The Labute approximate surface area is 120 Å². The normalized spacial score (nSPS) is 10.7. The Morgan fingerprint density at radius 2 is 2.05 bits per heavy atom. The summed E-state index contributed by atoms with van der Waals surface area (Å²) in [7, 11) is 5.05. The Balaban J connectivity index is 2.77. The molecule has 1 N–H and O–H groups in total. The number of phenols is 1. The van der Waals surface area contributed by atoms with Crippen molar-refractivity contribution in [2.45, 2.75) is 19.9 Å². The summed E-state index contributed by atoms with van der Waals surface area (Å²) in [5, 5.41) is 9.59. The van der Waals surface area contributed by atoms with Crippen molar-refractivity contribution in [2.24, 2.45) is 0 Å². The maximum absolute atomic E-state index is 11.8. The molecular formula is C15H24N2O3. The van der Waals surface area contributed by atoms with Crippen LogP contribution in [0, 0.1) is 0 Å². The number of hydrogen-bond donors (Lipinski definition) is 1. The van der Waals surface area contributed by atoms with E-state index in [0.717, 1.165) is 18.5 Å². The van der Waals surface area contributed by atoms with E-state index >= 15 is 0 Å². The number of hydrogen-bond acceptors (Lipinski definition) is 4. The summed E-state index contributed by atoms with van der Waals surface area (Å²) in [5.74, 6) is 0.671. The number of amides is 1. The number of rotatable bonds is 7. The van der Waals surface area contributed by atoms with Gasteiger partial charge in [-0.25, -0.2) is 0 Å². The minimum absolute atomic E-state index is 0.0872. The molecule has 1 aromatic carbocycles. The van der Waals surface area contributed by atoms with Crippen molar-refractivity contribution in [1.82, 2.24) is 9.80 Å². The van der Waals surface area contributed by atoms with Crippen LogP contribution < -0.4 is 4.74 Å². The molecule has 0 unspecified atom stereocenters. The van der Waals surface area contributed by atoms with Crippen LogP contribution in [0.4, 0.5) is 0 Å². The highest BCUT2D eigenvalue weighted by molar-refractivity contribution is 5.77. The smallest absolute Gasteiger partial charge is 0.236 e. The molecule has 0 aliphatic heterocycles. The quantitative estimate of drug-likeness (QED) is 0.826. The fourth-order valence-electron chi connectivity index (χ4n) is 1.94. The summed E-state index contributed by atoms with van der Waals surface area (Å²) in [6.07, 6.45) is 0.982. The monoisotopic (exact) mass is 280 g/mol. The largest absolute Gasteiger partial charge is 0.504 e. The average Bonchev–Trinajstić information content (AvgIpc) is 2.41. The van der Waals surface area contributed by atoms with Crippen molar-refractivity contribution < 1.29 is 14.6 Å². The molecule has 0 bridgehead atoms. The van der Waals surface area contributed by atoms with Crippen LogP contribution in [0.1, 0.15) is 18.9 Å². The third-order valence-corrected chi connectivity index (χ3v) is 3.05. The number of ether oxygens (including phenoxy) is 1. The SMILES string of the molecule is CCCN(CC(=O)N(C)C)Cc1ccc(O)c(OC)c1. The first kappa shape index (κ1) is 16.3. The Kier molecular flexibility index (Phi) is 6.31. The van der Waals surface area contributed by atoms with E-state index in [1.807, 2.05) is 6.07 Å². The third-order valence-electron chi connectivity index (χ3n) is 3.05. The first-order chi connectivity index (χ1) is 9.47. The molecule has 0 saturated carbocycles. The number of carbonyl (C=O) groups excluding carboxylic acids is 1. The molecule has 1 rings (SSSR count). The van der Waals surface area contributed by atoms with E-state index in [0.29, 0.717) is 18.8 Å². The number of carbonyl (C=O) groups is 1. The first-order valence-electron chi connectivity index (χ1n) is 6.76. The number of nitrogens with zero attached hydrogens (tertiary/aromatic N) is 2. The van der Waals surface area contributed by atoms with E-state index < -0.39 is 0 Å². The fourth-order valence-corrected chi connectivity index (χ4v) is 1.94. The topological polar surface area (TPSA) is 53.0 Å². The highest BCUT2D eigenvalue weighted by Crippen LogP contribution is 2.26. The van der Waals surface area contributed by atoms with Gasteiger partial charge in [-0.1, -0.05) is 13.0 Å². The highest BCUT2D eigenvalue weighted by Gasteiger charge is 2.13. The summed E-state index contributed by atoms with van der Waals surface area (Å²) in [4.78, 5) is 15.5. The second-order valence-corrected chi connectivity index (χ2v) is 5.01. The van der Waals surface area contributed by atoms with Gasteiger partial charge in [0.2, 0.25) is 5.91 Å². The van der Waals surface area contributed by atoms with Crippen molar-refractivity contribution in [3.8, 4) is 11.5 Å². The van der Waals surface area contributed by atoms with Crippen LogP contribution in [0.2, 0.25) is 0 Å². The molecule has 0 radical (unpaired) electrons. The average molecular weight is 280 g/mol. The Morgan fingerprint density at radius 3 is 2.60 bits per heavy atom. The molecule has 5 nitrogen and oxygen atoms in total. The van der Waals surface area contributed by atoms with Gasteiger partial charge in [-0.3, -0.25) is 9.69 Å². The van der Waals surface area contributed by atoms with Gasteiger partial charge in [0.15, 0.2) is 11.5 Å². The zero-order valence-electron chi connectivity index (χ0n) is 12.7. The van der Waals surface area contributed by atoms with Gasteiger partial charge in [0.05, 0.1) is 13.7 Å². The van der Waals surface area contributed by atoms with Crippen LogP contribution in [0.3, 0.4) is 0 Å². The summed E-state index contributed by atoms with van der Waals surface area (Å²) in [5.41, 5.74) is 1.01. The van der Waals surface area contributed by atoms with Crippen molar-refractivity contribution in [3.05, 3.63) is 23.8 Å². The molecule has 0 atom stereocenters.